The topological polar surface area (TPSA) is 40.3 Å². The molecule has 1 atom stereocenters. The average molecular weight is 259 g/mol. The van der Waals surface area contributed by atoms with Crippen LogP contribution < -0.4 is 5.32 Å². The van der Waals surface area contributed by atoms with E-state index in [1.54, 1.807) is 0 Å². The van der Waals surface area contributed by atoms with E-state index in [9.17, 15) is 0 Å². The maximum atomic E-state index is 5.75. The highest BCUT2D eigenvalue weighted by molar-refractivity contribution is 5.82. The second-order valence-corrected chi connectivity index (χ2v) is 5.24. The zero-order chi connectivity index (χ0) is 13.1. The predicted octanol–water partition coefficient (Wildman–Crippen LogP) is 1.59. The molecule has 0 aliphatic carbocycles. The third kappa shape index (κ3) is 2.97. The lowest BCUT2D eigenvalue weighted by Crippen LogP contribution is -2.44. The van der Waals surface area contributed by atoms with Gasteiger partial charge in [-0.05, 0) is 24.7 Å². The van der Waals surface area contributed by atoms with E-state index in [0.29, 0.717) is 6.10 Å². The lowest BCUT2D eigenvalue weighted by molar-refractivity contribution is -0.0182. The summed E-state index contributed by atoms with van der Waals surface area (Å²) in [5.74, 6) is 0. The summed E-state index contributed by atoms with van der Waals surface area (Å²) < 4.78 is 5.75. The van der Waals surface area contributed by atoms with Crippen molar-refractivity contribution in [3.05, 3.63) is 36.0 Å². The van der Waals surface area contributed by atoms with E-state index < -0.39 is 0 Å². The number of likely N-dealkylation sites (N-methyl/N-ethyl adjacent to an activating group) is 1. The molecule has 1 saturated heterocycles. The minimum Gasteiger partial charge on any atom is -0.374 e. The highest BCUT2D eigenvalue weighted by Gasteiger charge is 2.16. The molecule has 2 N–H and O–H groups in total. The molecule has 0 radical (unpaired) electrons. The van der Waals surface area contributed by atoms with E-state index in [1.165, 1.54) is 16.5 Å². The molecule has 3 rings (SSSR count). The van der Waals surface area contributed by atoms with Gasteiger partial charge in [-0.15, -0.1) is 0 Å². The fraction of sp³-hybridized carbons (Fsp3) is 0.467. The number of aromatic amines is 1. The Morgan fingerprint density at radius 3 is 3.26 bits per heavy atom. The van der Waals surface area contributed by atoms with Crippen molar-refractivity contribution in [3.63, 3.8) is 0 Å². The number of nitrogens with one attached hydrogen (secondary N) is 2. The Morgan fingerprint density at radius 2 is 2.37 bits per heavy atom. The van der Waals surface area contributed by atoms with E-state index >= 15 is 0 Å². The second-order valence-electron chi connectivity index (χ2n) is 5.24. The van der Waals surface area contributed by atoms with Gasteiger partial charge in [0.25, 0.3) is 0 Å². The Hall–Kier alpha value is -1.36. The van der Waals surface area contributed by atoms with Crippen molar-refractivity contribution in [2.45, 2.75) is 12.6 Å². The molecule has 4 nitrogen and oxygen atoms in total. The first-order chi connectivity index (χ1) is 9.33. The number of nitrogens with zero attached hydrogens (tertiary/aromatic N) is 1. The van der Waals surface area contributed by atoms with E-state index in [0.717, 1.165) is 32.8 Å². The average Bonchev–Trinajstić information content (AvgIpc) is 2.88. The smallest absolute Gasteiger partial charge is 0.0826 e. The van der Waals surface area contributed by atoms with Crippen LogP contribution in [0.15, 0.2) is 30.5 Å². The van der Waals surface area contributed by atoms with Gasteiger partial charge in [-0.3, -0.25) is 0 Å². The maximum absolute atomic E-state index is 5.75. The van der Waals surface area contributed by atoms with Gasteiger partial charge in [0.05, 0.1) is 12.7 Å². The van der Waals surface area contributed by atoms with Gasteiger partial charge in [0.2, 0.25) is 0 Å². The van der Waals surface area contributed by atoms with Crippen molar-refractivity contribution in [2.24, 2.45) is 0 Å². The molecule has 4 heteroatoms. The van der Waals surface area contributed by atoms with Crippen LogP contribution in [0.2, 0.25) is 0 Å². The molecule has 1 fully saturated rings. The normalized spacial score (nSPS) is 21.0. The number of morpholine rings is 1. The number of rotatable bonds is 4. The standard InChI is InChI=1S/C15H21N3O/c1-18-7-8-19-13(11-18)10-16-9-12-3-2-4-15-14(12)5-6-17-15/h2-6,13,16-17H,7-11H2,1H3/t13-/m0/s1. The molecule has 19 heavy (non-hydrogen) atoms. The third-order valence-corrected chi connectivity index (χ3v) is 3.71. The van der Waals surface area contributed by atoms with E-state index in [2.05, 4.69) is 46.5 Å². The molecule has 2 aromatic rings. The Labute approximate surface area is 113 Å². The molecule has 2 heterocycles. The van der Waals surface area contributed by atoms with Crippen LogP contribution in [0.4, 0.5) is 0 Å². The Bertz CT molecular complexity index is 537. The van der Waals surface area contributed by atoms with Crippen LogP contribution in [0.1, 0.15) is 5.56 Å². The lowest BCUT2D eigenvalue weighted by Gasteiger charge is -2.30. The van der Waals surface area contributed by atoms with Gasteiger partial charge in [0, 0.05) is 43.3 Å². The molecule has 0 spiro atoms. The molecule has 102 valence electrons. The second kappa shape index (κ2) is 5.74. The summed E-state index contributed by atoms with van der Waals surface area (Å²) in [6.07, 6.45) is 2.30. The summed E-state index contributed by atoms with van der Waals surface area (Å²) in [7, 11) is 2.15. The predicted molar refractivity (Wildman–Crippen MR) is 77.2 cm³/mol. The number of hydrogen-bond acceptors (Lipinski definition) is 3. The van der Waals surface area contributed by atoms with Crippen LogP contribution >= 0.6 is 0 Å². The SMILES string of the molecule is CN1CCO[C@@H](CNCc2cccc3[nH]ccc23)C1. The van der Waals surface area contributed by atoms with Crippen molar-refractivity contribution in [1.82, 2.24) is 15.2 Å². The fourth-order valence-corrected chi connectivity index (χ4v) is 2.66. The van der Waals surface area contributed by atoms with Crippen molar-refractivity contribution < 1.29 is 4.74 Å². The van der Waals surface area contributed by atoms with Crippen LogP contribution in [0.5, 0.6) is 0 Å². The maximum Gasteiger partial charge on any atom is 0.0826 e. The summed E-state index contributed by atoms with van der Waals surface area (Å²) in [5.41, 5.74) is 2.54. The molecule has 0 amide bonds. The molecular weight excluding hydrogens is 238 g/mol. The Morgan fingerprint density at radius 1 is 1.42 bits per heavy atom. The van der Waals surface area contributed by atoms with Crippen molar-refractivity contribution >= 4 is 10.9 Å². The minimum absolute atomic E-state index is 0.309. The fourth-order valence-electron chi connectivity index (χ4n) is 2.66. The van der Waals surface area contributed by atoms with Gasteiger partial charge in [-0.2, -0.15) is 0 Å². The highest BCUT2D eigenvalue weighted by Crippen LogP contribution is 2.17. The molecule has 1 aliphatic heterocycles. The first-order valence-electron chi connectivity index (χ1n) is 6.89. The van der Waals surface area contributed by atoms with Gasteiger partial charge in [0.15, 0.2) is 0 Å². The van der Waals surface area contributed by atoms with Crippen LogP contribution in [0.25, 0.3) is 10.9 Å². The summed E-state index contributed by atoms with van der Waals surface area (Å²) in [5, 5.41) is 4.81. The molecule has 1 aromatic carbocycles. The van der Waals surface area contributed by atoms with Gasteiger partial charge >= 0.3 is 0 Å². The number of hydrogen-bond donors (Lipinski definition) is 2. The summed E-state index contributed by atoms with van der Waals surface area (Å²) in [6.45, 7) is 4.70. The van der Waals surface area contributed by atoms with Gasteiger partial charge in [-0.25, -0.2) is 0 Å². The molecular formula is C15H21N3O. The Kier molecular flexibility index (Phi) is 3.82. The zero-order valence-electron chi connectivity index (χ0n) is 11.4. The van der Waals surface area contributed by atoms with Crippen LogP contribution in [0.3, 0.4) is 0 Å². The Balaban J connectivity index is 1.56. The molecule has 0 saturated carbocycles. The van der Waals surface area contributed by atoms with Gasteiger partial charge in [0.1, 0.15) is 0 Å². The molecule has 0 unspecified atom stereocenters. The van der Waals surface area contributed by atoms with Crippen LogP contribution in [-0.2, 0) is 11.3 Å². The van der Waals surface area contributed by atoms with Gasteiger partial charge < -0.3 is 19.9 Å². The number of H-pyrrole nitrogens is 1. The third-order valence-electron chi connectivity index (χ3n) is 3.71. The van der Waals surface area contributed by atoms with E-state index in [4.69, 9.17) is 4.74 Å². The van der Waals surface area contributed by atoms with Crippen molar-refractivity contribution in [2.75, 3.05) is 33.3 Å². The lowest BCUT2D eigenvalue weighted by atomic mass is 10.1. The number of fused-ring (bicyclic) bond motifs is 1. The number of aromatic nitrogens is 1. The summed E-state index contributed by atoms with van der Waals surface area (Å²) in [6, 6.07) is 8.52. The zero-order valence-corrected chi connectivity index (χ0v) is 11.4. The molecule has 1 aliphatic rings. The van der Waals surface area contributed by atoms with Crippen LogP contribution in [0, 0.1) is 0 Å². The molecule has 0 bridgehead atoms. The largest absolute Gasteiger partial charge is 0.374 e. The number of ether oxygens (including phenoxy) is 1. The van der Waals surface area contributed by atoms with Crippen LogP contribution in [-0.4, -0.2) is 49.3 Å². The van der Waals surface area contributed by atoms with Crippen molar-refractivity contribution in [1.29, 1.82) is 0 Å². The van der Waals surface area contributed by atoms with Crippen molar-refractivity contribution in [3.8, 4) is 0 Å². The summed E-state index contributed by atoms with van der Waals surface area (Å²) in [4.78, 5) is 5.57. The minimum atomic E-state index is 0.309. The first kappa shape index (κ1) is 12.7. The molecule has 1 aromatic heterocycles. The highest BCUT2D eigenvalue weighted by atomic mass is 16.5. The summed E-state index contributed by atoms with van der Waals surface area (Å²) >= 11 is 0. The monoisotopic (exact) mass is 259 g/mol. The number of benzene rings is 1. The van der Waals surface area contributed by atoms with E-state index in [-0.39, 0.29) is 0 Å². The first-order valence-corrected chi connectivity index (χ1v) is 6.89. The van der Waals surface area contributed by atoms with E-state index in [1.807, 2.05) is 6.20 Å². The van der Waals surface area contributed by atoms with Gasteiger partial charge in [-0.1, -0.05) is 12.1 Å². The quantitative estimate of drug-likeness (QED) is 0.876.